The maximum absolute atomic E-state index is 6.16. The van der Waals surface area contributed by atoms with Crippen LogP contribution in [0.25, 0.3) is 0 Å². The molecule has 5 heteroatoms. The van der Waals surface area contributed by atoms with Crippen molar-refractivity contribution in [2.24, 2.45) is 0 Å². The van der Waals surface area contributed by atoms with Crippen molar-refractivity contribution >= 4 is 29.2 Å². The molecule has 1 aromatic heterocycles. The van der Waals surface area contributed by atoms with Crippen molar-refractivity contribution in [2.45, 2.75) is 26.0 Å². The smallest absolute Gasteiger partial charge is 0.171 e. The van der Waals surface area contributed by atoms with Crippen LogP contribution in [0.5, 0.6) is 0 Å². The maximum Gasteiger partial charge on any atom is 0.171 e. The molecule has 1 saturated heterocycles. The van der Waals surface area contributed by atoms with Gasteiger partial charge in [-0.1, -0.05) is 18.5 Å². The average Bonchev–Trinajstić information content (AvgIpc) is 2.23. The van der Waals surface area contributed by atoms with E-state index in [4.69, 9.17) is 11.6 Å². The van der Waals surface area contributed by atoms with Crippen molar-refractivity contribution in [3.05, 3.63) is 16.5 Å². The lowest BCUT2D eigenvalue weighted by molar-refractivity contribution is 0.763. The predicted octanol–water partition coefficient (Wildman–Crippen LogP) is 2.69. The van der Waals surface area contributed by atoms with Gasteiger partial charge in [-0.2, -0.15) is 11.8 Å². The molecule has 16 heavy (non-hydrogen) atoms. The van der Waals surface area contributed by atoms with E-state index in [-0.39, 0.29) is 0 Å². The summed E-state index contributed by atoms with van der Waals surface area (Å²) >= 11 is 8.16. The summed E-state index contributed by atoms with van der Waals surface area (Å²) in [6, 6.07) is 0. The molecule has 1 fully saturated rings. The first-order valence-electron chi connectivity index (χ1n) is 5.45. The molecule has 0 amide bonds. The summed E-state index contributed by atoms with van der Waals surface area (Å²) < 4.78 is 0. The molecule has 88 valence electrons. The molecule has 0 radical (unpaired) electrons. The van der Waals surface area contributed by atoms with E-state index in [0.29, 0.717) is 10.4 Å². The van der Waals surface area contributed by atoms with E-state index >= 15 is 0 Å². The van der Waals surface area contributed by atoms with Crippen LogP contribution in [0.2, 0.25) is 5.15 Å². The van der Waals surface area contributed by atoms with Gasteiger partial charge in [0.2, 0.25) is 0 Å². The van der Waals surface area contributed by atoms with Crippen LogP contribution in [-0.4, -0.2) is 34.1 Å². The van der Waals surface area contributed by atoms with Crippen LogP contribution >= 0.6 is 23.4 Å². The molecule has 0 bridgehead atoms. The first kappa shape index (κ1) is 12.0. The molecule has 0 aliphatic carbocycles. The van der Waals surface area contributed by atoms with E-state index < -0.39 is 0 Å². The highest BCUT2D eigenvalue weighted by molar-refractivity contribution is 8.00. The lowest BCUT2D eigenvalue weighted by Crippen LogP contribution is -2.37. The Morgan fingerprint density at radius 3 is 2.69 bits per heavy atom. The van der Waals surface area contributed by atoms with Crippen molar-refractivity contribution in [1.29, 1.82) is 0 Å². The van der Waals surface area contributed by atoms with Gasteiger partial charge in [0, 0.05) is 24.1 Å². The largest absolute Gasteiger partial charge is 0.352 e. The Labute approximate surface area is 106 Å². The first-order valence-corrected chi connectivity index (χ1v) is 6.88. The lowest BCUT2D eigenvalue weighted by Gasteiger charge is -2.31. The minimum Gasteiger partial charge on any atom is -0.352 e. The fourth-order valence-electron chi connectivity index (χ4n) is 1.78. The highest BCUT2D eigenvalue weighted by Gasteiger charge is 2.21. The maximum atomic E-state index is 6.16. The van der Waals surface area contributed by atoms with Crippen molar-refractivity contribution in [2.75, 3.05) is 23.7 Å². The monoisotopic (exact) mass is 257 g/mol. The Hall–Kier alpha value is -0.480. The average molecular weight is 258 g/mol. The van der Waals surface area contributed by atoms with Crippen LogP contribution in [0.1, 0.15) is 18.3 Å². The van der Waals surface area contributed by atoms with E-state index in [9.17, 15) is 0 Å². The van der Waals surface area contributed by atoms with E-state index in [1.807, 2.05) is 25.6 Å². The standard InChI is InChI=1S/C11H16ClN3S/c1-7-6-15(4-5-16-7)11-10(12)13-8(2)9(3)14-11/h7H,4-6H2,1-3H3. The fraction of sp³-hybridized carbons (Fsp3) is 0.636. The minimum absolute atomic E-state index is 0.530. The number of hydrogen-bond donors (Lipinski definition) is 0. The van der Waals surface area contributed by atoms with Gasteiger partial charge in [0.15, 0.2) is 11.0 Å². The molecular formula is C11H16ClN3S. The lowest BCUT2D eigenvalue weighted by atomic mass is 10.3. The summed E-state index contributed by atoms with van der Waals surface area (Å²) in [5, 5.41) is 1.16. The number of thioether (sulfide) groups is 1. The van der Waals surface area contributed by atoms with Crippen LogP contribution < -0.4 is 4.90 Å². The van der Waals surface area contributed by atoms with Crippen molar-refractivity contribution in [3.63, 3.8) is 0 Å². The van der Waals surface area contributed by atoms with E-state index in [0.717, 1.165) is 36.0 Å². The third-order valence-corrected chi connectivity index (χ3v) is 4.18. The number of aromatic nitrogens is 2. The third kappa shape index (κ3) is 2.43. The molecule has 0 spiro atoms. The number of anilines is 1. The van der Waals surface area contributed by atoms with Gasteiger partial charge in [-0.15, -0.1) is 0 Å². The minimum atomic E-state index is 0.530. The van der Waals surface area contributed by atoms with E-state index in [2.05, 4.69) is 21.8 Å². The number of hydrogen-bond acceptors (Lipinski definition) is 4. The van der Waals surface area contributed by atoms with Crippen LogP contribution in [-0.2, 0) is 0 Å². The van der Waals surface area contributed by atoms with Gasteiger partial charge in [0.25, 0.3) is 0 Å². The first-order chi connectivity index (χ1) is 7.58. The summed E-state index contributed by atoms with van der Waals surface area (Å²) in [7, 11) is 0. The molecule has 0 aromatic carbocycles. The molecule has 1 aromatic rings. The van der Waals surface area contributed by atoms with Crippen LogP contribution in [0.15, 0.2) is 0 Å². The van der Waals surface area contributed by atoms with Gasteiger partial charge in [0.05, 0.1) is 11.4 Å². The Kier molecular flexibility index (Phi) is 3.60. The quantitative estimate of drug-likeness (QED) is 0.774. The highest BCUT2D eigenvalue weighted by atomic mass is 35.5. The SMILES string of the molecule is Cc1nc(Cl)c(N2CCSC(C)C2)nc1C. The van der Waals surface area contributed by atoms with Gasteiger partial charge >= 0.3 is 0 Å². The molecule has 2 heterocycles. The van der Waals surface area contributed by atoms with Crippen LogP contribution in [0, 0.1) is 13.8 Å². The third-order valence-electron chi connectivity index (χ3n) is 2.79. The van der Waals surface area contributed by atoms with Gasteiger partial charge in [0.1, 0.15) is 0 Å². The number of nitrogens with zero attached hydrogens (tertiary/aromatic N) is 3. The molecular weight excluding hydrogens is 242 g/mol. The number of rotatable bonds is 1. The van der Waals surface area contributed by atoms with Crippen LogP contribution in [0.3, 0.4) is 0 Å². The summed E-state index contributed by atoms with van der Waals surface area (Å²) in [6.45, 7) is 8.16. The topological polar surface area (TPSA) is 29.0 Å². The molecule has 2 rings (SSSR count). The van der Waals surface area contributed by atoms with Gasteiger partial charge in [-0.05, 0) is 13.8 Å². The summed E-state index contributed by atoms with van der Waals surface area (Å²) in [4.78, 5) is 11.1. The number of aryl methyl sites for hydroxylation is 2. The van der Waals surface area contributed by atoms with Crippen molar-refractivity contribution in [1.82, 2.24) is 9.97 Å². The normalized spacial score (nSPS) is 21.2. The zero-order chi connectivity index (χ0) is 11.7. The van der Waals surface area contributed by atoms with Gasteiger partial charge in [-0.25, -0.2) is 9.97 Å². The Morgan fingerprint density at radius 1 is 1.31 bits per heavy atom. The molecule has 1 unspecified atom stereocenters. The van der Waals surface area contributed by atoms with E-state index in [1.165, 1.54) is 0 Å². The van der Waals surface area contributed by atoms with E-state index in [1.54, 1.807) is 0 Å². The summed E-state index contributed by atoms with van der Waals surface area (Å²) in [6.07, 6.45) is 0. The molecule has 1 aliphatic heterocycles. The zero-order valence-electron chi connectivity index (χ0n) is 9.83. The molecule has 1 atom stereocenters. The fourth-order valence-corrected chi connectivity index (χ4v) is 3.08. The summed E-state index contributed by atoms with van der Waals surface area (Å²) in [5.74, 6) is 1.98. The second kappa shape index (κ2) is 4.80. The predicted molar refractivity (Wildman–Crippen MR) is 70.6 cm³/mol. The highest BCUT2D eigenvalue weighted by Crippen LogP contribution is 2.27. The summed E-state index contributed by atoms with van der Waals surface area (Å²) in [5.41, 5.74) is 1.87. The van der Waals surface area contributed by atoms with Crippen molar-refractivity contribution < 1.29 is 0 Å². The van der Waals surface area contributed by atoms with Crippen LogP contribution in [0.4, 0.5) is 5.82 Å². The molecule has 3 nitrogen and oxygen atoms in total. The van der Waals surface area contributed by atoms with Crippen molar-refractivity contribution in [3.8, 4) is 0 Å². The Balaban J connectivity index is 2.29. The Morgan fingerprint density at radius 2 is 2.00 bits per heavy atom. The molecule has 0 N–H and O–H groups in total. The molecule has 0 saturated carbocycles. The Bertz CT molecular complexity index is 397. The van der Waals surface area contributed by atoms with Gasteiger partial charge in [-0.3, -0.25) is 0 Å². The zero-order valence-corrected chi connectivity index (χ0v) is 11.4. The van der Waals surface area contributed by atoms with Gasteiger partial charge < -0.3 is 4.90 Å². The molecule has 1 aliphatic rings. The second-order valence-corrected chi connectivity index (χ2v) is 6.04. The number of halogens is 1. The second-order valence-electron chi connectivity index (χ2n) is 4.14.